The van der Waals surface area contributed by atoms with Crippen molar-refractivity contribution in [1.29, 1.82) is 0 Å². The number of allylic oxidation sites excluding steroid dienone is 5. The molecule has 0 heterocycles. The Morgan fingerprint density at radius 3 is 2.53 bits per heavy atom. The van der Waals surface area contributed by atoms with Gasteiger partial charge in [0, 0.05) is 10.1 Å². The third-order valence-corrected chi connectivity index (χ3v) is 3.73. The lowest BCUT2D eigenvalue weighted by Gasteiger charge is -2.08. The first-order valence-electron chi connectivity index (χ1n) is 6.49. The number of benzene rings is 1. The molecule has 1 heteroatoms. The van der Waals surface area contributed by atoms with E-state index in [9.17, 15) is 0 Å². The molecule has 0 radical (unpaired) electrons. The Kier molecular flexibility index (Phi) is 7.06. The van der Waals surface area contributed by atoms with E-state index in [1.165, 1.54) is 16.0 Å². The first-order valence-corrected chi connectivity index (χ1v) is 7.37. The van der Waals surface area contributed by atoms with Gasteiger partial charge < -0.3 is 0 Å². The van der Waals surface area contributed by atoms with Crippen molar-refractivity contribution in [2.45, 2.75) is 30.4 Å². The van der Waals surface area contributed by atoms with Crippen LogP contribution < -0.4 is 0 Å². The summed E-state index contributed by atoms with van der Waals surface area (Å²) >= 11 is 1.87. The van der Waals surface area contributed by atoms with E-state index >= 15 is 0 Å². The number of rotatable bonds is 7. The molecule has 0 saturated carbocycles. The van der Waals surface area contributed by atoms with Crippen LogP contribution in [0.25, 0.3) is 0 Å². The zero-order chi connectivity index (χ0) is 14.1. The lowest BCUT2D eigenvalue weighted by Crippen LogP contribution is -1.92. The molecule has 0 aromatic heterocycles. The van der Waals surface area contributed by atoms with Gasteiger partial charge in [-0.25, -0.2) is 0 Å². The fraction of sp³-hybridized carbons (Fsp3) is 0.222. The summed E-state index contributed by atoms with van der Waals surface area (Å²) in [6, 6.07) is 8.66. The second-order valence-corrected chi connectivity index (χ2v) is 5.90. The zero-order valence-electron chi connectivity index (χ0n) is 11.8. The molecule has 0 spiro atoms. The molecule has 1 rings (SSSR count). The van der Waals surface area contributed by atoms with Gasteiger partial charge in [0.15, 0.2) is 0 Å². The van der Waals surface area contributed by atoms with Crippen LogP contribution in [0.5, 0.6) is 0 Å². The smallest absolute Gasteiger partial charge is 0.0251 e. The van der Waals surface area contributed by atoms with Crippen molar-refractivity contribution < 1.29 is 0 Å². The van der Waals surface area contributed by atoms with Crippen LogP contribution in [0.15, 0.2) is 78.3 Å². The summed E-state index contributed by atoms with van der Waals surface area (Å²) in [7, 11) is 0. The zero-order valence-corrected chi connectivity index (χ0v) is 12.6. The van der Waals surface area contributed by atoms with Crippen LogP contribution in [0.1, 0.15) is 18.9 Å². The van der Waals surface area contributed by atoms with Gasteiger partial charge in [-0.15, -0.1) is 11.8 Å². The van der Waals surface area contributed by atoms with E-state index in [4.69, 9.17) is 0 Å². The third kappa shape index (κ3) is 6.30. The molecule has 0 N–H and O–H groups in total. The summed E-state index contributed by atoms with van der Waals surface area (Å²) in [5.41, 5.74) is 2.55. The van der Waals surface area contributed by atoms with E-state index in [0.29, 0.717) is 5.25 Å². The fourth-order valence-corrected chi connectivity index (χ4v) is 2.65. The highest BCUT2D eigenvalue weighted by Gasteiger charge is 2.02. The number of hydrogen-bond donors (Lipinski definition) is 0. The lowest BCUT2D eigenvalue weighted by atomic mass is 10.1. The highest BCUT2D eigenvalue weighted by atomic mass is 32.2. The molecule has 0 nitrogen and oxygen atoms in total. The minimum atomic E-state index is 0.438. The Bertz CT molecular complexity index is 463. The average Bonchev–Trinajstić information content (AvgIpc) is 2.40. The average molecular weight is 270 g/mol. The molecule has 0 fully saturated rings. The van der Waals surface area contributed by atoms with Gasteiger partial charge in [0.1, 0.15) is 0 Å². The Balaban J connectivity index is 2.62. The van der Waals surface area contributed by atoms with Crippen molar-refractivity contribution in [3.63, 3.8) is 0 Å². The fourth-order valence-electron chi connectivity index (χ4n) is 1.69. The van der Waals surface area contributed by atoms with Crippen molar-refractivity contribution in [1.82, 2.24) is 0 Å². The van der Waals surface area contributed by atoms with Crippen molar-refractivity contribution in [2.75, 3.05) is 0 Å². The maximum Gasteiger partial charge on any atom is 0.0251 e. The summed E-state index contributed by atoms with van der Waals surface area (Å²) < 4.78 is 0. The second-order valence-electron chi connectivity index (χ2n) is 4.45. The molecular formula is C18H22S. The topological polar surface area (TPSA) is 0 Å². The molecule has 1 atom stereocenters. The van der Waals surface area contributed by atoms with Gasteiger partial charge in [-0.3, -0.25) is 0 Å². The van der Waals surface area contributed by atoms with Crippen LogP contribution in [-0.2, 0) is 0 Å². The number of aryl methyl sites for hydroxylation is 1. The molecule has 1 aromatic rings. The summed E-state index contributed by atoms with van der Waals surface area (Å²) in [5, 5.41) is 0.438. The molecule has 0 saturated heterocycles. The van der Waals surface area contributed by atoms with E-state index in [-0.39, 0.29) is 0 Å². The molecule has 0 aliphatic rings. The van der Waals surface area contributed by atoms with Crippen molar-refractivity contribution >= 4 is 11.8 Å². The quantitative estimate of drug-likeness (QED) is 0.451. The van der Waals surface area contributed by atoms with Gasteiger partial charge in [0.25, 0.3) is 0 Å². The summed E-state index contributed by atoms with van der Waals surface area (Å²) in [4.78, 5) is 1.30. The van der Waals surface area contributed by atoms with Crippen LogP contribution in [0.3, 0.4) is 0 Å². The van der Waals surface area contributed by atoms with Crippen LogP contribution in [0.2, 0.25) is 0 Å². The van der Waals surface area contributed by atoms with Crippen LogP contribution >= 0.6 is 11.8 Å². The minimum Gasteiger partial charge on any atom is -0.119 e. The lowest BCUT2D eigenvalue weighted by molar-refractivity contribution is 1.17. The van der Waals surface area contributed by atoms with E-state index in [0.717, 1.165) is 6.42 Å². The van der Waals surface area contributed by atoms with Gasteiger partial charge in [-0.05, 0) is 38.0 Å². The Morgan fingerprint density at radius 1 is 1.26 bits per heavy atom. The number of thioether (sulfide) groups is 1. The van der Waals surface area contributed by atoms with E-state index in [2.05, 4.69) is 63.4 Å². The van der Waals surface area contributed by atoms with Gasteiger partial charge in [0.05, 0.1) is 0 Å². The molecule has 0 aliphatic heterocycles. The molecule has 1 aromatic carbocycles. The largest absolute Gasteiger partial charge is 0.119 e. The van der Waals surface area contributed by atoms with Crippen LogP contribution in [0, 0.1) is 6.92 Å². The SMILES string of the molecule is C=C/C=C\C/C(C=C)=C\C(C)Sc1ccc(C)cc1. The van der Waals surface area contributed by atoms with Gasteiger partial charge >= 0.3 is 0 Å². The van der Waals surface area contributed by atoms with Crippen molar-refractivity contribution in [3.05, 3.63) is 78.9 Å². The first-order chi connectivity index (χ1) is 9.15. The highest BCUT2D eigenvalue weighted by molar-refractivity contribution is 8.00. The van der Waals surface area contributed by atoms with Gasteiger partial charge in [-0.2, -0.15) is 0 Å². The minimum absolute atomic E-state index is 0.438. The predicted octanol–water partition coefficient (Wildman–Crippen LogP) is 5.72. The standard InChI is InChI=1S/C18H22S/c1-5-7-8-9-17(6-2)14-16(4)19-18-12-10-15(3)11-13-18/h5-8,10-14,16H,1-2,9H2,3-4H3/b8-7-,17-14-. The van der Waals surface area contributed by atoms with Crippen molar-refractivity contribution in [2.24, 2.45) is 0 Å². The molecule has 0 amide bonds. The molecule has 100 valence electrons. The summed E-state index contributed by atoms with van der Waals surface area (Å²) in [5.74, 6) is 0. The normalized spacial score (nSPS) is 13.5. The van der Waals surface area contributed by atoms with Gasteiger partial charge in [0.2, 0.25) is 0 Å². The Morgan fingerprint density at radius 2 is 1.95 bits per heavy atom. The predicted molar refractivity (Wildman–Crippen MR) is 88.7 cm³/mol. The molecular weight excluding hydrogens is 248 g/mol. The summed E-state index contributed by atoms with van der Waals surface area (Å²) in [6.45, 7) is 11.9. The van der Waals surface area contributed by atoms with Gasteiger partial charge in [-0.1, -0.05) is 61.2 Å². The van der Waals surface area contributed by atoms with Crippen LogP contribution in [-0.4, -0.2) is 5.25 Å². The molecule has 19 heavy (non-hydrogen) atoms. The maximum absolute atomic E-state index is 3.87. The van der Waals surface area contributed by atoms with E-state index in [1.807, 2.05) is 23.9 Å². The first kappa shape index (κ1) is 15.6. The monoisotopic (exact) mass is 270 g/mol. The van der Waals surface area contributed by atoms with E-state index in [1.54, 1.807) is 6.08 Å². The van der Waals surface area contributed by atoms with Crippen LogP contribution in [0.4, 0.5) is 0 Å². The molecule has 0 aliphatic carbocycles. The number of hydrogen-bond acceptors (Lipinski definition) is 1. The maximum atomic E-state index is 3.87. The Labute approximate surface area is 121 Å². The third-order valence-electron chi connectivity index (χ3n) is 2.68. The highest BCUT2D eigenvalue weighted by Crippen LogP contribution is 2.25. The Hall–Kier alpha value is -1.47. The molecule has 0 bridgehead atoms. The van der Waals surface area contributed by atoms with E-state index < -0.39 is 0 Å². The van der Waals surface area contributed by atoms with Crippen molar-refractivity contribution in [3.8, 4) is 0 Å². The molecule has 1 unspecified atom stereocenters. The summed E-state index contributed by atoms with van der Waals surface area (Å²) in [6.07, 6.45) is 11.0. The second kappa shape index (κ2) is 8.60.